The van der Waals surface area contributed by atoms with Gasteiger partial charge in [0.15, 0.2) is 0 Å². The Labute approximate surface area is 207 Å². The van der Waals surface area contributed by atoms with Crippen LogP contribution in [0.5, 0.6) is 0 Å². The first-order valence-electron chi connectivity index (χ1n) is 10.9. The summed E-state index contributed by atoms with van der Waals surface area (Å²) in [6, 6.07) is 19.3. The number of fused-ring (bicyclic) bond motifs is 1. The first-order valence-corrected chi connectivity index (χ1v) is 11.3. The Morgan fingerprint density at radius 2 is 1.63 bits per heavy atom. The van der Waals surface area contributed by atoms with E-state index >= 15 is 0 Å². The molecule has 3 aromatic carbocycles. The Hall–Kier alpha value is -4.28. The fourth-order valence-corrected chi connectivity index (χ4v) is 3.84. The van der Waals surface area contributed by atoms with E-state index in [1.165, 1.54) is 9.80 Å². The van der Waals surface area contributed by atoms with Crippen molar-refractivity contribution in [2.75, 3.05) is 23.7 Å². The Kier molecular flexibility index (Phi) is 7.04. The first-order chi connectivity index (χ1) is 16.8. The standard InChI is InChI=1S/C27H22ClN3O4/c28-21-8-3-20(4-9-21)16-31-24-12-7-19(2-1-18-5-10-22(29)11-6-18)15-23(24)27(35)30(17-25(31)32)14-13-26(33)34/h3-12,15H,13-14,16-17,29H2,(H,33,34). The topological polar surface area (TPSA) is 104 Å². The molecule has 0 fully saturated rings. The van der Waals surface area contributed by atoms with Crippen molar-refractivity contribution in [1.29, 1.82) is 0 Å². The van der Waals surface area contributed by atoms with E-state index in [9.17, 15) is 14.4 Å². The Morgan fingerprint density at radius 3 is 2.31 bits per heavy atom. The molecule has 4 rings (SSSR count). The molecule has 35 heavy (non-hydrogen) atoms. The summed E-state index contributed by atoms with van der Waals surface area (Å²) >= 11 is 5.99. The van der Waals surface area contributed by atoms with Gasteiger partial charge in [-0.2, -0.15) is 0 Å². The molecule has 7 nitrogen and oxygen atoms in total. The van der Waals surface area contributed by atoms with Gasteiger partial charge in [-0.05, 0) is 60.2 Å². The molecule has 1 heterocycles. The lowest BCUT2D eigenvalue weighted by molar-refractivity contribution is -0.137. The molecule has 0 bridgehead atoms. The Bertz CT molecular complexity index is 1340. The van der Waals surface area contributed by atoms with Gasteiger partial charge in [0.25, 0.3) is 5.91 Å². The van der Waals surface area contributed by atoms with E-state index in [1.807, 2.05) is 12.1 Å². The third-order valence-corrected chi connectivity index (χ3v) is 5.80. The number of nitrogens with two attached hydrogens (primary N) is 1. The van der Waals surface area contributed by atoms with E-state index in [4.69, 9.17) is 22.4 Å². The van der Waals surface area contributed by atoms with Gasteiger partial charge in [0.1, 0.15) is 6.54 Å². The number of carboxylic acids is 1. The summed E-state index contributed by atoms with van der Waals surface area (Å²) in [5, 5.41) is 9.68. The number of nitrogen functional groups attached to an aromatic ring is 1. The van der Waals surface area contributed by atoms with Gasteiger partial charge < -0.3 is 20.6 Å². The summed E-state index contributed by atoms with van der Waals surface area (Å²) < 4.78 is 0. The molecule has 176 valence electrons. The van der Waals surface area contributed by atoms with Gasteiger partial charge in [-0.1, -0.05) is 35.6 Å². The fraction of sp³-hybridized carbons (Fsp3) is 0.148. The maximum atomic E-state index is 13.4. The summed E-state index contributed by atoms with van der Waals surface area (Å²) in [6.45, 7) is -0.0597. The van der Waals surface area contributed by atoms with Gasteiger partial charge in [-0.25, -0.2) is 0 Å². The second-order valence-corrected chi connectivity index (χ2v) is 8.52. The molecule has 0 unspecified atom stereocenters. The number of hydrogen-bond donors (Lipinski definition) is 2. The van der Waals surface area contributed by atoms with Gasteiger partial charge in [-0.15, -0.1) is 0 Å². The van der Waals surface area contributed by atoms with Crippen LogP contribution in [0.3, 0.4) is 0 Å². The number of amides is 2. The van der Waals surface area contributed by atoms with Crippen LogP contribution in [0.25, 0.3) is 0 Å². The average Bonchev–Trinajstić information content (AvgIpc) is 2.94. The van der Waals surface area contributed by atoms with Crippen molar-refractivity contribution in [3.05, 3.63) is 94.0 Å². The molecule has 1 aliphatic rings. The van der Waals surface area contributed by atoms with E-state index < -0.39 is 11.9 Å². The number of aliphatic carboxylic acids is 1. The molecule has 0 radical (unpaired) electrons. The largest absolute Gasteiger partial charge is 0.481 e. The molecule has 8 heteroatoms. The zero-order chi connectivity index (χ0) is 24.9. The summed E-state index contributed by atoms with van der Waals surface area (Å²) in [4.78, 5) is 40.5. The minimum atomic E-state index is -1.05. The number of hydrogen-bond acceptors (Lipinski definition) is 4. The van der Waals surface area contributed by atoms with Gasteiger partial charge >= 0.3 is 5.97 Å². The van der Waals surface area contributed by atoms with Crippen molar-refractivity contribution in [2.45, 2.75) is 13.0 Å². The minimum absolute atomic E-state index is 0.0739. The zero-order valence-corrected chi connectivity index (χ0v) is 19.5. The van der Waals surface area contributed by atoms with E-state index in [-0.39, 0.29) is 32.0 Å². The second-order valence-electron chi connectivity index (χ2n) is 8.08. The van der Waals surface area contributed by atoms with Crippen LogP contribution in [0, 0.1) is 11.8 Å². The van der Waals surface area contributed by atoms with Crippen LogP contribution in [0.1, 0.15) is 33.5 Å². The number of nitrogens with zero attached hydrogens (tertiary/aromatic N) is 2. The van der Waals surface area contributed by atoms with Crippen LogP contribution in [0.4, 0.5) is 11.4 Å². The van der Waals surface area contributed by atoms with Crippen LogP contribution in [-0.4, -0.2) is 40.9 Å². The molecular weight excluding hydrogens is 466 g/mol. The van der Waals surface area contributed by atoms with Crippen molar-refractivity contribution < 1.29 is 19.5 Å². The highest BCUT2D eigenvalue weighted by atomic mass is 35.5. The van der Waals surface area contributed by atoms with E-state index in [0.29, 0.717) is 27.5 Å². The quantitative estimate of drug-likeness (QED) is 0.421. The number of carbonyl (C=O) groups is 3. The molecular formula is C27H22ClN3O4. The number of rotatable bonds is 5. The van der Waals surface area contributed by atoms with Crippen molar-refractivity contribution >= 4 is 40.8 Å². The molecule has 3 N–H and O–H groups in total. The first kappa shape index (κ1) is 23.9. The lowest BCUT2D eigenvalue weighted by Crippen LogP contribution is -2.40. The van der Waals surface area contributed by atoms with Gasteiger partial charge in [0.05, 0.1) is 24.2 Å². The van der Waals surface area contributed by atoms with Crippen molar-refractivity contribution in [1.82, 2.24) is 4.90 Å². The number of halogens is 1. The molecule has 0 atom stereocenters. The van der Waals surface area contributed by atoms with Crippen molar-refractivity contribution in [3.63, 3.8) is 0 Å². The number of carbonyl (C=O) groups excluding carboxylic acids is 2. The van der Waals surface area contributed by atoms with Gasteiger partial charge in [0, 0.05) is 28.4 Å². The SMILES string of the molecule is Nc1ccc(C#Cc2ccc3c(c2)C(=O)N(CCC(=O)O)CC(=O)N3Cc2ccc(Cl)cc2)cc1. The predicted molar refractivity (Wildman–Crippen MR) is 134 cm³/mol. The summed E-state index contributed by atoms with van der Waals surface area (Å²) in [5.41, 5.74) is 9.29. The molecule has 0 spiro atoms. The van der Waals surface area contributed by atoms with Crippen LogP contribution in [-0.2, 0) is 16.1 Å². The maximum Gasteiger partial charge on any atom is 0.305 e. The highest BCUT2D eigenvalue weighted by Gasteiger charge is 2.32. The third kappa shape index (κ3) is 5.81. The van der Waals surface area contributed by atoms with Crippen LogP contribution < -0.4 is 10.6 Å². The average molecular weight is 488 g/mol. The van der Waals surface area contributed by atoms with E-state index in [2.05, 4.69) is 11.8 Å². The summed E-state index contributed by atoms with van der Waals surface area (Å²) in [5.74, 6) is 4.32. The molecule has 0 saturated heterocycles. The highest BCUT2D eigenvalue weighted by molar-refractivity contribution is 6.30. The molecule has 0 aromatic heterocycles. The van der Waals surface area contributed by atoms with Crippen LogP contribution in [0.2, 0.25) is 5.02 Å². The lowest BCUT2D eigenvalue weighted by atomic mass is 10.1. The minimum Gasteiger partial charge on any atom is -0.481 e. The predicted octanol–water partition coefficient (Wildman–Crippen LogP) is 3.79. The normalized spacial score (nSPS) is 13.1. The van der Waals surface area contributed by atoms with Crippen molar-refractivity contribution in [3.8, 4) is 11.8 Å². The molecule has 0 saturated carbocycles. The van der Waals surface area contributed by atoms with Crippen LogP contribution in [0.15, 0.2) is 66.7 Å². The smallest absolute Gasteiger partial charge is 0.305 e. The number of anilines is 2. The Morgan fingerprint density at radius 1 is 0.971 bits per heavy atom. The van der Waals surface area contributed by atoms with Crippen LogP contribution >= 0.6 is 11.6 Å². The molecule has 0 aliphatic carbocycles. The van der Waals surface area contributed by atoms with Crippen molar-refractivity contribution in [2.24, 2.45) is 0 Å². The highest BCUT2D eigenvalue weighted by Crippen LogP contribution is 2.29. The second kappa shape index (κ2) is 10.3. The maximum absolute atomic E-state index is 13.4. The monoisotopic (exact) mass is 487 g/mol. The summed E-state index contributed by atoms with van der Waals surface area (Å²) in [7, 11) is 0. The lowest BCUT2D eigenvalue weighted by Gasteiger charge is -2.23. The van der Waals surface area contributed by atoms with Gasteiger partial charge in [0.2, 0.25) is 5.91 Å². The number of benzene rings is 3. The zero-order valence-electron chi connectivity index (χ0n) is 18.7. The Balaban J connectivity index is 1.72. The van der Waals surface area contributed by atoms with E-state index in [0.717, 1.165) is 11.1 Å². The van der Waals surface area contributed by atoms with Gasteiger partial charge in [-0.3, -0.25) is 14.4 Å². The fourth-order valence-electron chi connectivity index (χ4n) is 3.71. The molecule has 2 amide bonds. The number of carboxylic acid groups (broad SMARTS) is 1. The molecule has 3 aromatic rings. The summed E-state index contributed by atoms with van der Waals surface area (Å²) in [6.07, 6.45) is -0.262. The van der Waals surface area contributed by atoms with E-state index in [1.54, 1.807) is 54.6 Å². The third-order valence-electron chi connectivity index (χ3n) is 5.54. The molecule has 1 aliphatic heterocycles.